The van der Waals surface area contributed by atoms with Crippen molar-refractivity contribution in [1.29, 1.82) is 0 Å². The van der Waals surface area contributed by atoms with E-state index in [1.165, 1.54) is 12.1 Å². The van der Waals surface area contributed by atoms with Gasteiger partial charge in [0.25, 0.3) is 0 Å². The molecule has 1 aliphatic rings. The lowest BCUT2D eigenvalue weighted by molar-refractivity contribution is 0.179. The van der Waals surface area contributed by atoms with Crippen LogP contribution < -0.4 is 5.32 Å². The second kappa shape index (κ2) is 6.08. The van der Waals surface area contributed by atoms with Gasteiger partial charge in [0.05, 0.1) is 12.3 Å². The number of piperazine rings is 1. The Morgan fingerprint density at radius 2 is 2.05 bits per heavy atom. The smallest absolute Gasteiger partial charge is 0.125 e. The molecule has 1 aromatic carbocycles. The van der Waals surface area contributed by atoms with Gasteiger partial charge in [-0.25, -0.2) is 4.39 Å². The van der Waals surface area contributed by atoms with Gasteiger partial charge in [0, 0.05) is 30.7 Å². The minimum absolute atomic E-state index is 0.0158. The van der Waals surface area contributed by atoms with E-state index in [1.54, 1.807) is 6.26 Å². The van der Waals surface area contributed by atoms with Crippen molar-refractivity contribution < 1.29 is 8.81 Å². The summed E-state index contributed by atoms with van der Waals surface area (Å²) < 4.78 is 19.7. The molecule has 1 N–H and O–H groups in total. The van der Waals surface area contributed by atoms with Crippen LogP contribution in [0.5, 0.6) is 0 Å². The quantitative estimate of drug-likeness (QED) is 0.931. The van der Waals surface area contributed by atoms with E-state index in [-0.39, 0.29) is 11.9 Å². The number of benzene rings is 1. The predicted molar refractivity (Wildman–Crippen MR) is 79.1 cm³/mol. The van der Waals surface area contributed by atoms with Crippen LogP contribution in [0.15, 0.2) is 45.5 Å². The van der Waals surface area contributed by atoms with Crippen molar-refractivity contribution in [3.05, 3.63) is 58.2 Å². The Morgan fingerprint density at radius 1 is 1.25 bits per heavy atom. The number of halogens is 2. The summed E-state index contributed by atoms with van der Waals surface area (Å²) in [6.07, 6.45) is 1.68. The molecule has 1 saturated heterocycles. The lowest BCUT2D eigenvalue weighted by Gasteiger charge is -2.34. The molecule has 0 radical (unpaired) electrons. The molecule has 3 nitrogen and oxygen atoms in total. The molecule has 5 heteroatoms. The standard InChI is InChI=1S/C15H16BrFN2O/c16-13-10-11(17)3-4-12(13)15(14-2-1-9-20-14)19-7-5-18-6-8-19/h1-4,9-10,15,18H,5-8H2/t15-/m1/s1. The molecule has 1 aromatic heterocycles. The number of nitrogens with one attached hydrogen (secondary N) is 1. The van der Waals surface area contributed by atoms with Gasteiger partial charge in [0.2, 0.25) is 0 Å². The second-order valence-corrected chi connectivity index (χ2v) is 5.72. The van der Waals surface area contributed by atoms with Gasteiger partial charge < -0.3 is 9.73 Å². The van der Waals surface area contributed by atoms with Crippen molar-refractivity contribution in [3.63, 3.8) is 0 Å². The van der Waals surface area contributed by atoms with Crippen LogP contribution in [-0.2, 0) is 0 Å². The summed E-state index contributed by atoms with van der Waals surface area (Å²) in [6.45, 7) is 3.79. The van der Waals surface area contributed by atoms with Crippen molar-refractivity contribution in [3.8, 4) is 0 Å². The highest BCUT2D eigenvalue weighted by atomic mass is 79.9. The maximum atomic E-state index is 13.3. The lowest BCUT2D eigenvalue weighted by atomic mass is 10.0. The zero-order chi connectivity index (χ0) is 13.9. The molecular formula is C15H16BrFN2O. The molecule has 0 spiro atoms. The van der Waals surface area contributed by atoms with Crippen LogP contribution in [0.25, 0.3) is 0 Å². The summed E-state index contributed by atoms with van der Waals surface area (Å²) in [4.78, 5) is 2.35. The fourth-order valence-corrected chi connectivity index (χ4v) is 3.21. The molecule has 0 bridgehead atoms. The number of hydrogen-bond acceptors (Lipinski definition) is 3. The average Bonchev–Trinajstić information content (AvgIpc) is 2.97. The molecule has 20 heavy (non-hydrogen) atoms. The van der Waals surface area contributed by atoms with Crippen molar-refractivity contribution in [1.82, 2.24) is 10.2 Å². The molecule has 0 saturated carbocycles. The molecule has 3 rings (SSSR count). The van der Waals surface area contributed by atoms with E-state index in [1.807, 2.05) is 18.2 Å². The highest BCUT2D eigenvalue weighted by Gasteiger charge is 2.27. The summed E-state index contributed by atoms with van der Waals surface area (Å²) in [6, 6.07) is 8.72. The molecule has 0 aliphatic carbocycles. The minimum Gasteiger partial charge on any atom is -0.467 e. The van der Waals surface area contributed by atoms with E-state index in [9.17, 15) is 4.39 Å². The summed E-state index contributed by atoms with van der Waals surface area (Å²) in [5, 5.41) is 3.35. The number of rotatable bonds is 3. The third-order valence-electron chi connectivity index (χ3n) is 3.59. The highest BCUT2D eigenvalue weighted by Crippen LogP contribution is 2.34. The molecule has 2 heterocycles. The van der Waals surface area contributed by atoms with Gasteiger partial charge in [0.15, 0.2) is 0 Å². The van der Waals surface area contributed by atoms with Crippen molar-refractivity contribution in [2.24, 2.45) is 0 Å². The maximum absolute atomic E-state index is 13.3. The van der Waals surface area contributed by atoms with E-state index >= 15 is 0 Å². The summed E-state index contributed by atoms with van der Waals surface area (Å²) in [7, 11) is 0. The van der Waals surface area contributed by atoms with E-state index in [4.69, 9.17) is 4.42 Å². The van der Waals surface area contributed by atoms with Gasteiger partial charge >= 0.3 is 0 Å². The van der Waals surface area contributed by atoms with E-state index in [0.717, 1.165) is 42.0 Å². The monoisotopic (exact) mass is 338 g/mol. The molecule has 2 aromatic rings. The average molecular weight is 339 g/mol. The fourth-order valence-electron chi connectivity index (χ4n) is 2.64. The molecular weight excluding hydrogens is 323 g/mol. The Kier molecular flexibility index (Phi) is 4.19. The van der Waals surface area contributed by atoms with Crippen LogP contribution in [0.3, 0.4) is 0 Å². The topological polar surface area (TPSA) is 28.4 Å². The van der Waals surface area contributed by atoms with E-state index in [0.29, 0.717) is 0 Å². The Labute approximate surface area is 125 Å². The molecule has 0 unspecified atom stereocenters. The number of hydrogen-bond donors (Lipinski definition) is 1. The van der Waals surface area contributed by atoms with Crippen LogP contribution in [0.4, 0.5) is 4.39 Å². The third-order valence-corrected chi connectivity index (χ3v) is 4.27. The Hall–Kier alpha value is -1.17. The first-order valence-electron chi connectivity index (χ1n) is 6.69. The first-order chi connectivity index (χ1) is 9.75. The molecule has 1 aliphatic heterocycles. The van der Waals surface area contributed by atoms with Gasteiger partial charge in [-0.2, -0.15) is 0 Å². The summed E-state index contributed by atoms with van der Waals surface area (Å²) >= 11 is 3.48. The zero-order valence-corrected chi connectivity index (χ0v) is 12.6. The summed E-state index contributed by atoms with van der Waals surface area (Å²) in [5.41, 5.74) is 1.03. The van der Waals surface area contributed by atoms with Gasteiger partial charge in [-0.1, -0.05) is 22.0 Å². The second-order valence-electron chi connectivity index (χ2n) is 4.87. The van der Waals surface area contributed by atoms with Crippen molar-refractivity contribution in [2.45, 2.75) is 6.04 Å². The first-order valence-corrected chi connectivity index (χ1v) is 7.48. The zero-order valence-electron chi connectivity index (χ0n) is 11.0. The normalized spacial score (nSPS) is 18.1. The van der Waals surface area contributed by atoms with Crippen LogP contribution >= 0.6 is 15.9 Å². The number of furan rings is 1. The van der Waals surface area contributed by atoms with Gasteiger partial charge in [-0.05, 0) is 29.8 Å². The van der Waals surface area contributed by atoms with Crippen LogP contribution in [0, 0.1) is 5.82 Å². The van der Waals surface area contributed by atoms with Crippen LogP contribution in [0.1, 0.15) is 17.4 Å². The minimum atomic E-state index is -0.237. The fraction of sp³-hybridized carbons (Fsp3) is 0.333. The SMILES string of the molecule is Fc1ccc([C@H](c2ccco2)N2CCNCC2)c(Br)c1. The molecule has 0 amide bonds. The summed E-state index contributed by atoms with van der Waals surface area (Å²) in [5.74, 6) is 0.651. The number of nitrogens with zero attached hydrogens (tertiary/aromatic N) is 1. The predicted octanol–water partition coefficient (Wildman–Crippen LogP) is 3.18. The van der Waals surface area contributed by atoms with E-state index in [2.05, 4.69) is 26.1 Å². The molecule has 1 fully saturated rings. The van der Waals surface area contributed by atoms with E-state index < -0.39 is 0 Å². The van der Waals surface area contributed by atoms with Crippen molar-refractivity contribution in [2.75, 3.05) is 26.2 Å². The Morgan fingerprint density at radius 3 is 2.70 bits per heavy atom. The lowest BCUT2D eigenvalue weighted by Crippen LogP contribution is -2.45. The Bertz CT molecular complexity index is 567. The van der Waals surface area contributed by atoms with Gasteiger partial charge in [-0.15, -0.1) is 0 Å². The third kappa shape index (κ3) is 2.80. The van der Waals surface area contributed by atoms with Crippen LogP contribution in [0.2, 0.25) is 0 Å². The largest absolute Gasteiger partial charge is 0.467 e. The maximum Gasteiger partial charge on any atom is 0.125 e. The van der Waals surface area contributed by atoms with Crippen LogP contribution in [-0.4, -0.2) is 31.1 Å². The van der Waals surface area contributed by atoms with Gasteiger partial charge in [0.1, 0.15) is 11.6 Å². The Balaban J connectivity index is 2.00. The van der Waals surface area contributed by atoms with Gasteiger partial charge in [-0.3, -0.25) is 4.90 Å². The highest BCUT2D eigenvalue weighted by molar-refractivity contribution is 9.10. The van der Waals surface area contributed by atoms with Crippen molar-refractivity contribution >= 4 is 15.9 Å². The molecule has 1 atom stereocenters. The molecule has 106 valence electrons. The first kappa shape index (κ1) is 13.8.